The van der Waals surface area contributed by atoms with Gasteiger partial charge in [-0.15, -0.1) is 0 Å². The first-order valence-electron chi connectivity index (χ1n) is 9.22. The van der Waals surface area contributed by atoms with Gasteiger partial charge in [0.1, 0.15) is 5.75 Å². The van der Waals surface area contributed by atoms with Gasteiger partial charge in [-0.1, -0.05) is 12.1 Å². The first kappa shape index (κ1) is 24.3. The minimum atomic E-state index is -0.388. The second-order valence-electron chi connectivity index (χ2n) is 6.89. The predicted octanol–water partition coefficient (Wildman–Crippen LogP) is 3.59. The summed E-state index contributed by atoms with van der Waals surface area (Å²) >= 11 is 0.875. The standard InChI is InChI=1S/C22H21NO5S.Na/c1-12-13(2)20(25)17(14(3)19(12)24)5-4-10-28-16-8-6-15(7-9-16)11-18-21(26)23-22(27)29-18;/h6-9,11H,4-5,10H2,1-3H3,(H,23,26,27);. The molecule has 0 unspecified atom stereocenters. The number of ketones is 2. The summed E-state index contributed by atoms with van der Waals surface area (Å²) in [5.41, 5.74) is 2.94. The van der Waals surface area contributed by atoms with E-state index in [1.807, 2.05) is 0 Å². The summed E-state index contributed by atoms with van der Waals surface area (Å²) in [7, 11) is 0. The Balaban J connectivity index is 0.00000320. The smallest absolute Gasteiger partial charge is 0.290 e. The van der Waals surface area contributed by atoms with Gasteiger partial charge >= 0.3 is 0 Å². The van der Waals surface area contributed by atoms with Crippen molar-refractivity contribution in [3.63, 3.8) is 0 Å². The Hall–Kier alpha value is -1.93. The number of hydrogen-bond donors (Lipinski definition) is 1. The van der Waals surface area contributed by atoms with Crippen molar-refractivity contribution in [1.82, 2.24) is 5.32 Å². The molecule has 30 heavy (non-hydrogen) atoms. The van der Waals surface area contributed by atoms with E-state index < -0.39 is 0 Å². The third-order valence-electron chi connectivity index (χ3n) is 4.97. The zero-order valence-electron chi connectivity index (χ0n) is 17.5. The molecule has 151 valence electrons. The molecule has 1 N–H and O–H groups in total. The second kappa shape index (κ2) is 10.4. The van der Waals surface area contributed by atoms with Crippen molar-refractivity contribution in [1.29, 1.82) is 0 Å². The molecule has 8 heteroatoms. The van der Waals surface area contributed by atoms with Crippen molar-refractivity contribution in [3.8, 4) is 5.75 Å². The van der Waals surface area contributed by atoms with Gasteiger partial charge in [0.2, 0.25) is 0 Å². The van der Waals surface area contributed by atoms with Gasteiger partial charge in [-0.05, 0) is 69.1 Å². The molecule has 1 heterocycles. The van der Waals surface area contributed by atoms with Crippen molar-refractivity contribution in [3.05, 3.63) is 57.0 Å². The number of carbonyl (C=O) groups excluding carboxylic acids is 4. The predicted molar refractivity (Wildman–Crippen MR) is 117 cm³/mol. The maximum absolute atomic E-state index is 12.4. The molecule has 1 saturated heterocycles. The van der Waals surface area contributed by atoms with E-state index in [1.54, 1.807) is 51.1 Å². The summed E-state index contributed by atoms with van der Waals surface area (Å²) in [5.74, 6) is 0.166. The molecule has 0 atom stereocenters. The van der Waals surface area contributed by atoms with E-state index in [0.717, 1.165) is 17.3 Å². The van der Waals surface area contributed by atoms with Gasteiger partial charge in [-0.2, -0.15) is 0 Å². The van der Waals surface area contributed by atoms with Gasteiger partial charge in [0.05, 0.1) is 11.5 Å². The molecule has 0 saturated carbocycles. The Kier molecular flexibility index (Phi) is 8.43. The maximum atomic E-state index is 12.4. The fourth-order valence-corrected chi connectivity index (χ4v) is 3.81. The fourth-order valence-electron chi connectivity index (χ4n) is 3.13. The molecule has 1 aromatic rings. The Labute approximate surface area is 201 Å². The number of Topliss-reactive ketones (excluding diaryl/α,β-unsaturated/α-hetero) is 2. The van der Waals surface area contributed by atoms with Gasteiger partial charge in [0, 0.05) is 51.8 Å². The van der Waals surface area contributed by atoms with Crippen LogP contribution in [0, 0.1) is 0 Å². The summed E-state index contributed by atoms with van der Waals surface area (Å²) in [6, 6.07) is 7.15. The number of hydrogen-bond acceptors (Lipinski definition) is 6. The fraction of sp³-hybridized carbons (Fsp3) is 0.273. The number of ether oxygens (including phenoxy) is 1. The molecule has 1 aliphatic heterocycles. The number of rotatable bonds is 6. The number of thioether (sulfide) groups is 1. The number of imide groups is 1. The van der Waals surface area contributed by atoms with Crippen molar-refractivity contribution < 1.29 is 23.9 Å². The number of carbonyl (C=O) groups is 4. The third-order valence-corrected chi connectivity index (χ3v) is 5.78. The van der Waals surface area contributed by atoms with E-state index in [0.29, 0.717) is 52.4 Å². The number of nitrogens with one attached hydrogen (secondary N) is 1. The van der Waals surface area contributed by atoms with Crippen LogP contribution in [0.4, 0.5) is 4.79 Å². The number of benzene rings is 1. The van der Waals surface area contributed by atoms with E-state index in [1.165, 1.54) is 0 Å². The first-order chi connectivity index (χ1) is 13.8. The van der Waals surface area contributed by atoms with E-state index >= 15 is 0 Å². The summed E-state index contributed by atoms with van der Waals surface area (Å²) < 4.78 is 5.72. The average Bonchev–Trinajstić information content (AvgIpc) is 3.02. The van der Waals surface area contributed by atoms with Crippen molar-refractivity contribution in [2.45, 2.75) is 33.6 Å². The Morgan fingerprint density at radius 3 is 2.17 bits per heavy atom. The Morgan fingerprint density at radius 1 is 0.933 bits per heavy atom. The molecule has 1 aliphatic carbocycles. The molecule has 0 bridgehead atoms. The SMILES string of the molecule is CC1=C(C)C(=O)C(CCCOc2ccc(C=C3SC(=O)NC3=O)cc2)=C(C)C1=O.[Na]. The molecule has 2 amide bonds. The maximum Gasteiger partial charge on any atom is 0.290 e. The van der Waals surface area contributed by atoms with Crippen LogP contribution < -0.4 is 10.1 Å². The average molecular weight is 434 g/mol. The molecular weight excluding hydrogens is 413 g/mol. The van der Waals surface area contributed by atoms with E-state index in [4.69, 9.17) is 4.74 Å². The van der Waals surface area contributed by atoms with Crippen LogP contribution in [0.15, 0.2) is 51.5 Å². The molecule has 1 radical (unpaired) electrons. The zero-order valence-corrected chi connectivity index (χ0v) is 20.3. The molecule has 0 spiro atoms. The van der Waals surface area contributed by atoms with E-state index in [2.05, 4.69) is 5.32 Å². The molecular formula is C22H21NNaO5S. The van der Waals surface area contributed by atoms with Gasteiger partial charge < -0.3 is 4.74 Å². The Morgan fingerprint density at radius 2 is 1.57 bits per heavy atom. The topological polar surface area (TPSA) is 89.5 Å². The minimum absolute atomic E-state index is 0. The van der Waals surface area contributed by atoms with Crippen LogP contribution in [0.5, 0.6) is 5.75 Å². The zero-order chi connectivity index (χ0) is 21.1. The van der Waals surface area contributed by atoms with Gasteiger partial charge in [0.15, 0.2) is 11.6 Å². The van der Waals surface area contributed by atoms with Gasteiger partial charge in [-0.3, -0.25) is 24.5 Å². The van der Waals surface area contributed by atoms with Crippen molar-refractivity contribution in [2.24, 2.45) is 0 Å². The second-order valence-corrected chi connectivity index (χ2v) is 7.90. The third kappa shape index (κ3) is 5.40. The normalized spacial score (nSPS) is 18.2. The largest absolute Gasteiger partial charge is 0.494 e. The molecule has 3 rings (SSSR count). The van der Waals surface area contributed by atoms with Crippen LogP contribution >= 0.6 is 11.8 Å². The van der Waals surface area contributed by atoms with Crippen molar-refractivity contribution >= 4 is 70.1 Å². The van der Waals surface area contributed by atoms with Crippen LogP contribution in [0.3, 0.4) is 0 Å². The molecule has 6 nitrogen and oxygen atoms in total. The van der Waals surface area contributed by atoms with Crippen LogP contribution in [0.2, 0.25) is 0 Å². The molecule has 1 fully saturated rings. The molecule has 1 aromatic carbocycles. The van der Waals surface area contributed by atoms with E-state index in [-0.39, 0.29) is 52.3 Å². The van der Waals surface area contributed by atoms with Crippen molar-refractivity contribution in [2.75, 3.05) is 6.61 Å². The molecule has 2 aliphatic rings. The minimum Gasteiger partial charge on any atom is -0.494 e. The quantitative estimate of drug-likeness (QED) is 0.319. The van der Waals surface area contributed by atoms with Crippen LogP contribution in [-0.2, 0) is 14.4 Å². The Bertz CT molecular complexity index is 1000. The molecule has 0 aromatic heterocycles. The summed E-state index contributed by atoms with van der Waals surface area (Å²) in [6.07, 6.45) is 2.75. The van der Waals surface area contributed by atoms with E-state index in [9.17, 15) is 19.2 Å². The monoisotopic (exact) mass is 434 g/mol. The van der Waals surface area contributed by atoms with Crippen LogP contribution in [-0.4, -0.2) is 58.9 Å². The first-order valence-corrected chi connectivity index (χ1v) is 10.0. The van der Waals surface area contributed by atoms with Crippen LogP contribution in [0.1, 0.15) is 39.2 Å². The number of allylic oxidation sites excluding steroid dienone is 4. The summed E-state index contributed by atoms with van der Waals surface area (Å²) in [5, 5.41) is 1.84. The summed E-state index contributed by atoms with van der Waals surface area (Å²) in [6.45, 7) is 5.50. The van der Waals surface area contributed by atoms with Gasteiger partial charge in [0.25, 0.3) is 11.1 Å². The summed E-state index contributed by atoms with van der Waals surface area (Å²) in [4.78, 5) is 47.7. The number of amides is 2. The van der Waals surface area contributed by atoms with Crippen LogP contribution in [0.25, 0.3) is 6.08 Å². The van der Waals surface area contributed by atoms with Gasteiger partial charge in [-0.25, -0.2) is 0 Å².